The molecule has 0 unspecified atom stereocenters. The first kappa shape index (κ1) is 14.4. The van der Waals surface area contributed by atoms with Crippen molar-refractivity contribution in [2.45, 2.75) is 33.2 Å². The second kappa shape index (κ2) is 5.94. The topological polar surface area (TPSA) is 51.9 Å². The van der Waals surface area contributed by atoms with Crippen LogP contribution in [0.5, 0.6) is 0 Å². The van der Waals surface area contributed by atoms with Crippen LogP contribution in [0, 0.1) is 6.92 Å². The Morgan fingerprint density at radius 2 is 2.20 bits per heavy atom. The van der Waals surface area contributed by atoms with E-state index < -0.39 is 0 Å². The molecule has 0 saturated heterocycles. The maximum atomic E-state index is 12.0. The van der Waals surface area contributed by atoms with Crippen molar-refractivity contribution in [3.63, 3.8) is 0 Å². The molecule has 5 nitrogen and oxygen atoms in total. The molecule has 0 radical (unpaired) electrons. The minimum absolute atomic E-state index is 0.0446. The summed E-state index contributed by atoms with van der Waals surface area (Å²) in [6, 6.07) is 4.06. The second-order valence-corrected chi connectivity index (χ2v) is 5.29. The molecule has 0 atom stereocenters. The molecule has 0 aliphatic carbocycles. The molecule has 0 aromatic carbocycles. The van der Waals surface area contributed by atoms with Crippen molar-refractivity contribution in [2.24, 2.45) is 7.05 Å². The van der Waals surface area contributed by atoms with Gasteiger partial charge in [-0.05, 0) is 32.9 Å². The fraction of sp³-hybridized carbons (Fsp3) is 0.467. The summed E-state index contributed by atoms with van der Waals surface area (Å²) in [4.78, 5) is 16.4. The molecule has 1 N–H and O–H groups in total. The largest absolute Gasteiger partial charge is 0.350 e. The molecule has 0 fully saturated rings. The molecule has 108 valence electrons. The maximum Gasteiger partial charge on any atom is 0.267 e. The summed E-state index contributed by atoms with van der Waals surface area (Å²) in [6.45, 7) is 6.92. The highest BCUT2D eigenvalue weighted by atomic mass is 16.1. The van der Waals surface area contributed by atoms with Crippen molar-refractivity contribution in [2.75, 3.05) is 6.54 Å². The van der Waals surface area contributed by atoms with Gasteiger partial charge >= 0.3 is 0 Å². The molecular formula is C15H22N4O. The molecular weight excluding hydrogens is 252 g/mol. The van der Waals surface area contributed by atoms with Crippen LogP contribution >= 0.6 is 0 Å². The zero-order valence-electron chi connectivity index (χ0n) is 12.6. The predicted molar refractivity (Wildman–Crippen MR) is 78.8 cm³/mol. The van der Waals surface area contributed by atoms with Crippen molar-refractivity contribution < 1.29 is 4.79 Å². The summed E-state index contributed by atoms with van der Waals surface area (Å²) in [6.07, 6.45) is 4.49. The molecule has 0 aliphatic rings. The van der Waals surface area contributed by atoms with E-state index >= 15 is 0 Å². The van der Waals surface area contributed by atoms with Gasteiger partial charge in [-0.3, -0.25) is 4.79 Å². The maximum absolute atomic E-state index is 12.0. The highest BCUT2D eigenvalue weighted by molar-refractivity contribution is 5.92. The van der Waals surface area contributed by atoms with Crippen LogP contribution in [-0.4, -0.2) is 26.6 Å². The third-order valence-corrected chi connectivity index (χ3v) is 3.39. The van der Waals surface area contributed by atoms with Crippen molar-refractivity contribution in [1.82, 2.24) is 19.4 Å². The number of carbonyl (C=O) groups excluding carboxylic acids is 1. The number of aromatic nitrogens is 3. The van der Waals surface area contributed by atoms with Crippen LogP contribution in [0.25, 0.3) is 0 Å². The van der Waals surface area contributed by atoms with Crippen LogP contribution < -0.4 is 5.32 Å². The van der Waals surface area contributed by atoms with Crippen molar-refractivity contribution in [1.29, 1.82) is 0 Å². The van der Waals surface area contributed by atoms with E-state index in [1.54, 1.807) is 0 Å². The van der Waals surface area contributed by atoms with Crippen LogP contribution in [0.4, 0.5) is 0 Å². The number of imidazole rings is 1. The van der Waals surface area contributed by atoms with Gasteiger partial charge in [0.25, 0.3) is 5.91 Å². The minimum atomic E-state index is -0.0446. The number of amides is 1. The number of hydrogen-bond acceptors (Lipinski definition) is 2. The summed E-state index contributed by atoms with van der Waals surface area (Å²) >= 11 is 0. The number of hydrogen-bond donors (Lipinski definition) is 1. The lowest BCUT2D eigenvalue weighted by atomic mass is 10.3. The van der Waals surface area contributed by atoms with Gasteiger partial charge in [0, 0.05) is 44.1 Å². The molecule has 2 aromatic heterocycles. The van der Waals surface area contributed by atoms with Gasteiger partial charge < -0.3 is 14.5 Å². The van der Waals surface area contributed by atoms with E-state index in [2.05, 4.69) is 35.6 Å². The Bertz CT molecular complexity index is 595. The molecule has 0 aliphatic heterocycles. The number of aryl methyl sites for hydroxylation is 2. The Kier molecular flexibility index (Phi) is 4.27. The van der Waals surface area contributed by atoms with Crippen molar-refractivity contribution in [3.8, 4) is 0 Å². The fourth-order valence-electron chi connectivity index (χ4n) is 2.46. The first-order valence-corrected chi connectivity index (χ1v) is 6.93. The zero-order chi connectivity index (χ0) is 14.7. The average molecular weight is 274 g/mol. The molecule has 20 heavy (non-hydrogen) atoms. The van der Waals surface area contributed by atoms with Crippen molar-refractivity contribution in [3.05, 3.63) is 41.7 Å². The quantitative estimate of drug-likeness (QED) is 0.907. The Balaban J connectivity index is 1.94. The lowest BCUT2D eigenvalue weighted by molar-refractivity contribution is 0.0946. The van der Waals surface area contributed by atoms with Gasteiger partial charge in [-0.25, -0.2) is 4.98 Å². The normalized spacial score (nSPS) is 11.1. The standard InChI is InChI=1S/C15H22N4O/c1-11(2)19-12(3)10-17-14(19)7-8-16-15(20)13-6-5-9-18(13)4/h5-6,9-11H,7-8H2,1-4H3,(H,16,20). The summed E-state index contributed by atoms with van der Waals surface area (Å²) in [5, 5.41) is 2.94. The first-order chi connectivity index (χ1) is 9.50. The highest BCUT2D eigenvalue weighted by Gasteiger charge is 2.11. The van der Waals surface area contributed by atoms with E-state index in [1.165, 1.54) is 0 Å². The number of nitrogens with one attached hydrogen (secondary N) is 1. The van der Waals surface area contributed by atoms with Crippen LogP contribution in [-0.2, 0) is 13.5 Å². The van der Waals surface area contributed by atoms with Crippen LogP contribution in [0.3, 0.4) is 0 Å². The van der Waals surface area contributed by atoms with Crippen LogP contribution in [0.2, 0.25) is 0 Å². The monoisotopic (exact) mass is 274 g/mol. The average Bonchev–Trinajstić information content (AvgIpc) is 2.95. The van der Waals surface area contributed by atoms with Gasteiger partial charge in [-0.2, -0.15) is 0 Å². The lowest BCUT2D eigenvalue weighted by Crippen LogP contribution is -2.28. The Morgan fingerprint density at radius 1 is 1.45 bits per heavy atom. The van der Waals surface area contributed by atoms with Crippen molar-refractivity contribution >= 4 is 5.91 Å². The Morgan fingerprint density at radius 3 is 2.80 bits per heavy atom. The molecule has 0 spiro atoms. The second-order valence-electron chi connectivity index (χ2n) is 5.29. The predicted octanol–water partition coefficient (Wildman–Crippen LogP) is 2.08. The minimum Gasteiger partial charge on any atom is -0.350 e. The number of rotatable bonds is 5. The molecule has 0 bridgehead atoms. The zero-order valence-corrected chi connectivity index (χ0v) is 12.6. The first-order valence-electron chi connectivity index (χ1n) is 6.93. The summed E-state index contributed by atoms with van der Waals surface area (Å²) in [7, 11) is 1.86. The van der Waals surface area contributed by atoms with E-state index in [-0.39, 0.29) is 5.91 Å². The van der Waals surface area contributed by atoms with Gasteiger partial charge in [0.15, 0.2) is 0 Å². The van der Waals surface area contributed by atoms with E-state index in [1.807, 2.05) is 36.1 Å². The van der Waals surface area contributed by atoms with E-state index in [9.17, 15) is 4.79 Å². The van der Waals surface area contributed by atoms with Gasteiger partial charge in [0.2, 0.25) is 0 Å². The van der Waals surface area contributed by atoms with E-state index in [4.69, 9.17) is 0 Å². The molecule has 5 heteroatoms. The highest BCUT2D eigenvalue weighted by Crippen LogP contribution is 2.13. The summed E-state index contributed by atoms with van der Waals surface area (Å²) in [5.41, 5.74) is 1.83. The third kappa shape index (κ3) is 2.92. The number of nitrogens with zero attached hydrogens (tertiary/aromatic N) is 3. The van der Waals surface area contributed by atoms with Crippen LogP contribution in [0.15, 0.2) is 24.5 Å². The van der Waals surface area contributed by atoms with Gasteiger partial charge in [0.05, 0.1) is 0 Å². The summed E-state index contributed by atoms with van der Waals surface area (Å²) in [5.74, 6) is 0.974. The molecule has 2 rings (SSSR count). The van der Waals surface area contributed by atoms with Gasteiger partial charge in [-0.1, -0.05) is 0 Å². The number of carbonyl (C=O) groups is 1. The lowest BCUT2D eigenvalue weighted by Gasteiger charge is -2.14. The van der Waals surface area contributed by atoms with E-state index in [0.29, 0.717) is 18.3 Å². The SMILES string of the molecule is Cc1cnc(CCNC(=O)c2cccn2C)n1C(C)C. The molecule has 2 aromatic rings. The fourth-order valence-corrected chi connectivity index (χ4v) is 2.46. The molecule has 1 amide bonds. The summed E-state index contributed by atoms with van der Waals surface area (Å²) < 4.78 is 4.02. The Labute approximate surface area is 119 Å². The van der Waals surface area contributed by atoms with Crippen LogP contribution in [0.1, 0.15) is 41.9 Å². The van der Waals surface area contributed by atoms with Gasteiger partial charge in [-0.15, -0.1) is 0 Å². The molecule has 0 saturated carbocycles. The molecule has 2 heterocycles. The third-order valence-electron chi connectivity index (χ3n) is 3.39. The van der Waals surface area contributed by atoms with E-state index in [0.717, 1.165) is 17.9 Å². The smallest absolute Gasteiger partial charge is 0.267 e. The Hall–Kier alpha value is -2.04. The van der Waals surface area contributed by atoms with Gasteiger partial charge in [0.1, 0.15) is 11.5 Å².